The molecule has 0 radical (unpaired) electrons. The van der Waals surface area contributed by atoms with Crippen molar-refractivity contribution < 1.29 is 4.79 Å². The third-order valence-electron chi connectivity index (χ3n) is 2.47. The highest BCUT2D eigenvalue weighted by atomic mass is 16.1. The molecule has 1 N–H and O–H groups in total. The molecule has 0 bridgehead atoms. The van der Waals surface area contributed by atoms with Gasteiger partial charge in [-0.15, -0.1) is 0 Å². The summed E-state index contributed by atoms with van der Waals surface area (Å²) in [6.45, 7) is 0. The highest BCUT2D eigenvalue weighted by Gasteiger charge is 2.03. The normalized spacial score (nSPS) is 9.35. The molecule has 0 saturated heterocycles. The molecule has 3 nitrogen and oxygen atoms in total. The Balaban J connectivity index is 2.45. The summed E-state index contributed by atoms with van der Waals surface area (Å²) in [4.78, 5) is 10.5. The Kier molecular flexibility index (Phi) is 3.18. The molecule has 0 aromatic heterocycles. The van der Waals surface area contributed by atoms with E-state index in [1.807, 2.05) is 36.4 Å². The van der Waals surface area contributed by atoms with Crippen LogP contribution in [0.3, 0.4) is 0 Å². The molecule has 17 heavy (non-hydrogen) atoms. The van der Waals surface area contributed by atoms with Crippen molar-refractivity contribution in [2.24, 2.45) is 0 Å². The zero-order chi connectivity index (χ0) is 12.1. The first-order valence-electron chi connectivity index (χ1n) is 5.15. The molecule has 0 spiro atoms. The van der Waals surface area contributed by atoms with Crippen LogP contribution in [0.2, 0.25) is 0 Å². The van der Waals surface area contributed by atoms with Gasteiger partial charge in [0.15, 0.2) is 0 Å². The number of benzene rings is 2. The number of amides is 1. The van der Waals surface area contributed by atoms with Gasteiger partial charge in [0.25, 0.3) is 0 Å². The summed E-state index contributed by atoms with van der Waals surface area (Å²) in [5.74, 6) is 0. The number of hydrogen-bond acceptors (Lipinski definition) is 2. The van der Waals surface area contributed by atoms with E-state index >= 15 is 0 Å². The predicted molar refractivity (Wildman–Crippen MR) is 66.3 cm³/mol. The van der Waals surface area contributed by atoms with E-state index < -0.39 is 0 Å². The summed E-state index contributed by atoms with van der Waals surface area (Å²) in [6.07, 6.45) is 0.655. The van der Waals surface area contributed by atoms with Crippen LogP contribution in [0.25, 0.3) is 11.1 Å². The van der Waals surface area contributed by atoms with Gasteiger partial charge < -0.3 is 5.32 Å². The van der Waals surface area contributed by atoms with Gasteiger partial charge in [0.05, 0.1) is 11.6 Å². The van der Waals surface area contributed by atoms with Gasteiger partial charge in [-0.2, -0.15) is 5.26 Å². The van der Waals surface area contributed by atoms with E-state index in [1.165, 1.54) is 0 Å². The smallest absolute Gasteiger partial charge is 0.211 e. The maximum Gasteiger partial charge on any atom is 0.211 e. The fourth-order valence-electron chi connectivity index (χ4n) is 1.65. The van der Waals surface area contributed by atoms with E-state index in [2.05, 4.69) is 11.4 Å². The van der Waals surface area contributed by atoms with Crippen LogP contribution in [0.5, 0.6) is 0 Å². The molecule has 0 aliphatic rings. The zero-order valence-electron chi connectivity index (χ0n) is 9.05. The molecule has 0 fully saturated rings. The maximum absolute atomic E-state index is 10.5. The highest BCUT2D eigenvalue weighted by Crippen LogP contribution is 2.27. The number of nitrogens with one attached hydrogen (secondary N) is 1. The van der Waals surface area contributed by atoms with Crippen molar-refractivity contribution in [2.45, 2.75) is 0 Å². The van der Waals surface area contributed by atoms with Crippen LogP contribution >= 0.6 is 0 Å². The van der Waals surface area contributed by atoms with Crippen molar-refractivity contribution in [2.75, 3.05) is 5.32 Å². The third kappa shape index (κ3) is 2.32. The van der Waals surface area contributed by atoms with Crippen molar-refractivity contribution in [3.8, 4) is 17.2 Å². The molecule has 0 aliphatic carbocycles. The van der Waals surface area contributed by atoms with Crippen molar-refractivity contribution in [1.29, 1.82) is 5.26 Å². The molecule has 82 valence electrons. The molecule has 2 aromatic carbocycles. The van der Waals surface area contributed by atoms with Crippen LogP contribution < -0.4 is 5.32 Å². The summed E-state index contributed by atoms with van der Waals surface area (Å²) < 4.78 is 0. The van der Waals surface area contributed by atoms with Crippen LogP contribution in [0, 0.1) is 11.3 Å². The molecular formula is C14H10N2O. The Hall–Kier alpha value is -2.60. The van der Waals surface area contributed by atoms with Gasteiger partial charge in [-0.1, -0.05) is 30.3 Å². The molecule has 0 atom stereocenters. The van der Waals surface area contributed by atoms with Gasteiger partial charge in [-0.25, -0.2) is 0 Å². The number of nitrogens with zero attached hydrogens (tertiary/aromatic N) is 1. The summed E-state index contributed by atoms with van der Waals surface area (Å²) in [6, 6.07) is 16.8. The number of hydrogen-bond donors (Lipinski definition) is 1. The Morgan fingerprint density at radius 3 is 2.41 bits per heavy atom. The van der Waals surface area contributed by atoms with Crippen molar-refractivity contribution in [3.05, 3.63) is 54.1 Å². The molecule has 2 aromatic rings. The van der Waals surface area contributed by atoms with Gasteiger partial charge in [0.1, 0.15) is 0 Å². The van der Waals surface area contributed by atoms with Gasteiger partial charge in [0, 0.05) is 11.3 Å². The van der Waals surface area contributed by atoms with Crippen molar-refractivity contribution in [1.82, 2.24) is 0 Å². The van der Waals surface area contributed by atoms with Gasteiger partial charge >= 0.3 is 0 Å². The minimum Gasteiger partial charge on any atom is -0.328 e. The number of para-hydroxylation sites is 1. The maximum atomic E-state index is 10.5. The molecule has 1 amide bonds. The number of carbonyl (C=O) groups is 1. The second-order valence-corrected chi connectivity index (χ2v) is 3.50. The lowest BCUT2D eigenvalue weighted by Crippen LogP contribution is -1.95. The Bertz CT molecular complexity index is 568. The molecular weight excluding hydrogens is 212 g/mol. The largest absolute Gasteiger partial charge is 0.328 e. The van der Waals surface area contributed by atoms with Gasteiger partial charge in [0.2, 0.25) is 6.41 Å². The first-order chi connectivity index (χ1) is 8.35. The number of rotatable bonds is 3. The third-order valence-corrected chi connectivity index (χ3v) is 2.47. The lowest BCUT2D eigenvalue weighted by Gasteiger charge is -2.07. The first-order valence-corrected chi connectivity index (χ1v) is 5.15. The predicted octanol–water partition coefficient (Wildman–Crippen LogP) is 2.79. The molecule has 3 heteroatoms. The quantitative estimate of drug-likeness (QED) is 0.812. The topological polar surface area (TPSA) is 52.9 Å². The minimum absolute atomic E-state index is 0.620. The fourth-order valence-corrected chi connectivity index (χ4v) is 1.65. The second-order valence-electron chi connectivity index (χ2n) is 3.50. The van der Waals surface area contributed by atoms with Crippen LogP contribution in [0.1, 0.15) is 5.56 Å². The van der Waals surface area contributed by atoms with E-state index in [0.29, 0.717) is 12.0 Å². The van der Waals surface area contributed by atoms with E-state index in [-0.39, 0.29) is 0 Å². The lowest BCUT2D eigenvalue weighted by atomic mass is 10.0. The Morgan fingerprint density at radius 1 is 1.06 bits per heavy atom. The van der Waals surface area contributed by atoms with Crippen LogP contribution in [-0.4, -0.2) is 6.41 Å². The van der Waals surface area contributed by atoms with Crippen molar-refractivity contribution >= 4 is 12.1 Å². The Morgan fingerprint density at radius 2 is 1.76 bits per heavy atom. The number of carbonyl (C=O) groups excluding carboxylic acids is 1. The monoisotopic (exact) mass is 222 g/mol. The van der Waals surface area contributed by atoms with E-state index in [1.54, 1.807) is 12.1 Å². The van der Waals surface area contributed by atoms with E-state index in [9.17, 15) is 4.79 Å². The summed E-state index contributed by atoms with van der Waals surface area (Å²) in [5.41, 5.74) is 3.28. The lowest BCUT2D eigenvalue weighted by molar-refractivity contribution is -0.105. The summed E-state index contributed by atoms with van der Waals surface area (Å²) in [7, 11) is 0. The van der Waals surface area contributed by atoms with E-state index in [4.69, 9.17) is 5.26 Å². The molecule has 0 heterocycles. The SMILES string of the molecule is N#Cc1ccc(-c2ccccc2NC=O)cc1. The molecule has 0 unspecified atom stereocenters. The summed E-state index contributed by atoms with van der Waals surface area (Å²) >= 11 is 0. The average Bonchev–Trinajstić information content (AvgIpc) is 2.40. The standard InChI is InChI=1S/C14H10N2O/c15-9-11-5-7-12(8-6-11)13-3-1-2-4-14(13)16-10-17/h1-8,10H,(H,16,17). The number of nitriles is 1. The van der Waals surface area contributed by atoms with Gasteiger partial charge in [-0.05, 0) is 23.8 Å². The van der Waals surface area contributed by atoms with Crippen LogP contribution in [-0.2, 0) is 4.79 Å². The number of anilines is 1. The molecule has 0 aliphatic heterocycles. The fraction of sp³-hybridized carbons (Fsp3) is 0. The zero-order valence-corrected chi connectivity index (χ0v) is 9.05. The van der Waals surface area contributed by atoms with Crippen LogP contribution in [0.15, 0.2) is 48.5 Å². The van der Waals surface area contributed by atoms with Gasteiger partial charge in [-0.3, -0.25) is 4.79 Å². The van der Waals surface area contributed by atoms with Crippen molar-refractivity contribution in [3.63, 3.8) is 0 Å². The molecule has 0 saturated carbocycles. The average molecular weight is 222 g/mol. The highest BCUT2D eigenvalue weighted by molar-refractivity contribution is 5.85. The van der Waals surface area contributed by atoms with E-state index in [0.717, 1.165) is 16.8 Å². The van der Waals surface area contributed by atoms with Crippen LogP contribution in [0.4, 0.5) is 5.69 Å². The summed E-state index contributed by atoms with van der Waals surface area (Å²) in [5, 5.41) is 11.4. The second kappa shape index (κ2) is 4.95. The first kappa shape index (κ1) is 10.9. The minimum atomic E-state index is 0.620. The Labute approximate surface area is 99.3 Å². The molecule has 2 rings (SSSR count).